The van der Waals surface area contributed by atoms with Gasteiger partial charge in [-0.15, -0.1) is 0 Å². The monoisotopic (exact) mass is 242 g/mol. The van der Waals surface area contributed by atoms with Gasteiger partial charge in [0.1, 0.15) is 5.75 Å². The summed E-state index contributed by atoms with van der Waals surface area (Å²) in [7, 11) is 0. The third kappa shape index (κ3) is 2.99. The third-order valence-electron chi connectivity index (χ3n) is 2.52. The average Bonchev–Trinajstić information content (AvgIpc) is 2.57. The maximum Gasteiger partial charge on any atom is 0.394 e. The van der Waals surface area contributed by atoms with Crippen molar-refractivity contribution in [3.8, 4) is 5.75 Å². The van der Waals surface area contributed by atoms with E-state index in [1.54, 1.807) is 18.2 Å². The molecule has 1 unspecified atom stereocenters. The predicted molar refractivity (Wildman–Crippen MR) is 63.6 cm³/mol. The van der Waals surface area contributed by atoms with E-state index in [-0.39, 0.29) is 11.9 Å². The molecule has 1 aromatic carbocycles. The fraction of sp³-hybridized carbons (Fsp3) is 0.500. The molecular formula is C12H16F2N2O. The molecule has 0 fully saturated rings. The van der Waals surface area contributed by atoms with Crippen molar-refractivity contribution in [1.29, 1.82) is 0 Å². The molecule has 17 heavy (non-hydrogen) atoms. The molecule has 1 aliphatic rings. The van der Waals surface area contributed by atoms with E-state index in [0.29, 0.717) is 0 Å². The van der Waals surface area contributed by atoms with Gasteiger partial charge in [0.15, 0.2) is 0 Å². The van der Waals surface area contributed by atoms with Crippen LogP contribution < -0.4 is 15.4 Å². The van der Waals surface area contributed by atoms with Crippen molar-refractivity contribution >= 4 is 11.4 Å². The second-order valence-corrected chi connectivity index (χ2v) is 4.25. The van der Waals surface area contributed by atoms with E-state index < -0.39 is 6.11 Å². The van der Waals surface area contributed by atoms with Crippen LogP contribution in [-0.4, -0.2) is 12.3 Å². The maximum absolute atomic E-state index is 12.7. The first-order valence-electron chi connectivity index (χ1n) is 5.72. The minimum atomic E-state index is -3.15. The summed E-state index contributed by atoms with van der Waals surface area (Å²) >= 11 is 0. The SMILES string of the molecule is CCCC1Nc2ccc(OC(C)(F)F)cc2N1. The van der Waals surface area contributed by atoms with Crippen LogP contribution in [0.25, 0.3) is 0 Å². The van der Waals surface area contributed by atoms with E-state index in [1.165, 1.54) is 0 Å². The molecule has 0 aliphatic carbocycles. The van der Waals surface area contributed by atoms with E-state index >= 15 is 0 Å². The summed E-state index contributed by atoms with van der Waals surface area (Å²) in [5, 5.41) is 6.50. The van der Waals surface area contributed by atoms with Crippen molar-refractivity contribution in [1.82, 2.24) is 0 Å². The van der Waals surface area contributed by atoms with Gasteiger partial charge in [0.2, 0.25) is 0 Å². The lowest BCUT2D eigenvalue weighted by Crippen LogP contribution is -2.21. The van der Waals surface area contributed by atoms with Crippen LogP contribution >= 0.6 is 0 Å². The van der Waals surface area contributed by atoms with Gasteiger partial charge < -0.3 is 15.4 Å². The van der Waals surface area contributed by atoms with Gasteiger partial charge in [0.25, 0.3) is 0 Å². The molecule has 5 heteroatoms. The predicted octanol–water partition coefficient (Wildman–Crippen LogP) is 3.64. The average molecular weight is 242 g/mol. The first kappa shape index (κ1) is 12.0. The minimum absolute atomic E-state index is 0.169. The van der Waals surface area contributed by atoms with Crippen molar-refractivity contribution in [2.24, 2.45) is 0 Å². The van der Waals surface area contributed by atoms with Gasteiger partial charge in [-0.2, -0.15) is 8.78 Å². The van der Waals surface area contributed by atoms with Crippen LogP contribution in [0.2, 0.25) is 0 Å². The molecule has 0 amide bonds. The molecule has 1 heterocycles. The molecule has 0 saturated heterocycles. The van der Waals surface area contributed by atoms with Crippen LogP contribution in [0, 0.1) is 0 Å². The van der Waals surface area contributed by atoms with Crippen molar-refractivity contribution in [2.45, 2.75) is 39.0 Å². The highest BCUT2D eigenvalue weighted by molar-refractivity contribution is 5.75. The van der Waals surface area contributed by atoms with Gasteiger partial charge in [0.05, 0.1) is 17.5 Å². The standard InChI is InChI=1S/C12H16F2N2O/c1-3-4-11-15-9-6-5-8(7-10(9)16-11)17-12(2,13)14/h5-7,11,15-16H,3-4H2,1-2H3. The van der Waals surface area contributed by atoms with Crippen molar-refractivity contribution in [3.05, 3.63) is 18.2 Å². The van der Waals surface area contributed by atoms with Crippen LogP contribution in [-0.2, 0) is 0 Å². The Morgan fingerprint density at radius 1 is 1.29 bits per heavy atom. The number of fused-ring (bicyclic) bond motifs is 1. The molecule has 1 aromatic rings. The Balaban J connectivity index is 2.10. The first-order chi connectivity index (χ1) is 7.98. The zero-order valence-electron chi connectivity index (χ0n) is 9.89. The van der Waals surface area contributed by atoms with Crippen molar-refractivity contribution in [2.75, 3.05) is 10.6 Å². The summed E-state index contributed by atoms with van der Waals surface area (Å²) in [4.78, 5) is 0. The van der Waals surface area contributed by atoms with Gasteiger partial charge in [-0.1, -0.05) is 13.3 Å². The van der Waals surface area contributed by atoms with Crippen LogP contribution in [0.5, 0.6) is 5.75 Å². The van der Waals surface area contributed by atoms with Crippen molar-refractivity contribution in [3.63, 3.8) is 0 Å². The van der Waals surface area contributed by atoms with Crippen molar-refractivity contribution < 1.29 is 13.5 Å². The van der Waals surface area contributed by atoms with Crippen LogP contribution in [0.3, 0.4) is 0 Å². The van der Waals surface area contributed by atoms with Crippen LogP contribution in [0.4, 0.5) is 20.2 Å². The first-order valence-corrected chi connectivity index (χ1v) is 5.72. The lowest BCUT2D eigenvalue weighted by atomic mass is 10.2. The number of rotatable bonds is 4. The summed E-state index contributed by atoms with van der Waals surface area (Å²) in [5.41, 5.74) is 1.74. The lowest BCUT2D eigenvalue weighted by Gasteiger charge is -2.13. The molecule has 2 rings (SSSR count). The number of hydrogen-bond donors (Lipinski definition) is 2. The van der Waals surface area contributed by atoms with Gasteiger partial charge in [-0.3, -0.25) is 0 Å². The zero-order chi connectivity index (χ0) is 12.5. The maximum atomic E-state index is 12.7. The Bertz CT molecular complexity index is 404. The highest BCUT2D eigenvalue weighted by atomic mass is 19.3. The normalized spacial score (nSPS) is 18.2. The fourth-order valence-corrected chi connectivity index (χ4v) is 1.88. The smallest absolute Gasteiger partial charge is 0.394 e. The molecule has 0 aromatic heterocycles. The molecule has 2 N–H and O–H groups in total. The second kappa shape index (κ2) is 4.39. The Hall–Kier alpha value is -1.52. The van der Waals surface area contributed by atoms with E-state index in [2.05, 4.69) is 22.3 Å². The molecule has 0 bridgehead atoms. The largest absolute Gasteiger partial charge is 0.433 e. The molecule has 1 atom stereocenters. The lowest BCUT2D eigenvalue weighted by molar-refractivity contribution is -0.158. The number of alkyl halides is 2. The number of hydrogen-bond acceptors (Lipinski definition) is 3. The Kier molecular flexibility index (Phi) is 3.09. The second-order valence-electron chi connectivity index (χ2n) is 4.25. The van der Waals surface area contributed by atoms with Crippen LogP contribution in [0.1, 0.15) is 26.7 Å². The zero-order valence-corrected chi connectivity index (χ0v) is 9.89. The van der Waals surface area contributed by atoms with Crippen LogP contribution in [0.15, 0.2) is 18.2 Å². The number of anilines is 2. The quantitative estimate of drug-likeness (QED) is 0.845. The number of nitrogens with one attached hydrogen (secondary N) is 2. The number of benzene rings is 1. The topological polar surface area (TPSA) is 33.3 Å². The highest BCUT2D eigenvalue weighted by Crippen LogP contribution is 2.34. The molecular weight excluding hydrogens is 226 g/mol. The van der Waals surface area contributed by atoms with E-state index in [9.17, 15) is 8.78 Å². The van der Waals surface area contributed by atoms with Gasteiger partial charge in [0, 0.05) is 13.0 Å². The molecule has 0 saturated carbocycles. The summed E-state index contributed by atoms with van der Waals surface area (Å²) in [6, 6.07) is 4.88. The van der Waals surface area contributed by atoms with E-state index in [4.69, 9.17) is 0 Å². The molecule has 3 nitrogen and oxygen atoms in total. The summed E-state index contributed by atoms with van der Waals surface area (Å²) < 4.78 is 29.9. The fourth-order valence-electron chi connectivity index (χ4n) is 1.88. The molecule has 1 aliphatic heterocycles. The van der Waals surface area contributed by atoms with E-state index in [0.717, 1.165) is 31.1 Å². The molecule has 94 valence electrons. The van der Waals surface area contributed by atoms with Gasteiger partial charge in [-0.25, -0.2) is 0 Å². The number of ether oxygens (including phenoxy) is 1. The van der Waals surface area contributed by atoms with Gasteiger partial charge >= 0.3 is 6.11 Å². The number of halogens is 2. The summed E-state index contributed by atoms with van der Waals surface area (Å²) in [6.45, 7) is 2.82. The molecule has 0 spiro atoms. The van der Waals surface area contributed by atoms with E-state index in [1.807, 2.05) is 0 Å². The summed E-state index contributed by atoms with van der Waals surface area (Å²) in [6.07, 6.45) is -0.945. The molecule has 0 radical (unpaired) electrons. The minimum Gasteiger partial charge on any atom is -0.433 e. The summed E-state index contributed by atoms with van der Waals surface area (Å²) in [5.74, 6) is 0.169. The third-order valence-corrected chi connectivity index (χ3v) is 2.52. The highest BCUT2D eigenvalue weighted by Gasteiger charge is 2.25. The Morgan fingerprint density at radius 2 is 2.00 bits per heavy atom. The Morgan fingerprint density at radius 3 is 2.65 bits per heavy atom. The van der Waals surface area contributed by atoms with Gasteiger partial charge in [-0.05, 0) is 18.6 Å². The Labute approximate surface area is 99.2 Å².